The molecule has 0 N–H and O–H groups in total. The van der Waals surface area contributed by atoms with Gasteiger partial charge in [0.1, 0.15) is 6.04 Å². The summed E-state index contributed by atoms with van der Waals surface area (Å²) in [6.45, 7) is 3.97. The van der Waals surface area contributed by atoms with Crippen molar-refractivity contribution in [2.75, 3.05) is 13.1 Å². The molecule has 0 unspecified atom stereocenters. The molecule has 0 spiro atoms. The fourth-order valence-electron chi connectivity index (χ4n) is 4.73. The van der Waals surface area contributed by atoms with Crippen LogP contribution in [0.25, 0.3) is 0 Å². The Morgan fingerprint density at radius 2 is 1.88 bits per heavy atom. The maximum Gasteiger partial charge on any atom is 0.239 e. The number of rotatable bonds is 2. The van der Waals surface area contributed by atoms with E-state index in [1.807, 2.05) is 36.4 Å². The second-order valence-electron chi connectivity index (χ2n) is 7.22. The molecule has 4 atom stereocenters. The molecule has 2 aliphatic heterocycles. The van der Waals surface area contributed by atoms with E-state index in [2.05, 4.69) is 39.9 Å². The van der Waals surface area contributed by atoms with Crippen molar-refractivity contribution in [2.45, 2.75) is 31.3 Å². The van der Waals surface area contributed by atoms with E-state index < -0.39 is 6.04 Å². The van der Waals surface area contributed by atoms with Crippen LogP contribution in [0.2, 0.25) is 0 Å². The fourth-order valence-corrected chi connectivity index (χ4v) is 4.99. The summed E-state index contributed by atoms with van der Waals surface area (Å²) in [6.07, 6.45) is 0.979. The van der Waals surface area contributed by atoms with Crippen LogP contribution in [0.15, 0.2) is 53.0 Å². The first-order valence-corrected chi connectivity index (χ1v) is 9.56. The maximum atomic E-state index is 12.2. The van der Waals surface area contributed by atoms with Crippen molar-refractivity contribution >= 4 is 15.9 Å². The van der Waals surface area contributed by atoms with Crippen molar-refractivity contribution in [2.24, 2.45) is 5.92 Å². The van der Waals surface area contributed by atoms with Crippen molar-refractivity contribution in [1.29, 1.82) is 0 Å². The van der Waals surface area contributed by atoms with Gasteiger partial charge >= 0.3 is 0 Å². The maximum absolute atomic E-state index is 12.2. The average molecular weight is 401 g/mol. The first kappa shape index (κ1) is 16.7. The molecular weight excluding hydrogens is 380 g/mol. The van der Waals surface area contributed by atoms with Crippen LogP contribution in [0, 0.1) is 16.0 Å². The summed E-state index contributed by atoms with van der Waals surface area (Å²) in [7, 11) is 0. The third-order valence-electron chi connectivity index (χ3n) is 5.76. The van der Waals surface area contributed by atoms with Crippen LogP contribution in [0.5, 0.6) is 0 Å². The number of halogens is 1. The fraction of sp³-hybridized carbons (Fsp3) is 0.400. The van der Waals surface area contributed by atoms with Crippen LogP contribution in [0.4, 0.5) is 0 Å². The molecule has 25 heavy (non-hydrogen) atoms. The SMILES string of the molecule is C[C@H]1CN2CCc3ccccc3[C@@H]2[C@@H]([N+](=O)[O-])[C@@H]1c1ccc(Br)cc1. The molecule has 1 fully saturated rings. The Kier molecular flexibility index (Phi) is 4.38. The van der Waals surface area contributed by atoms with Crippen LogP contribution in [-0.2, 0) is 6.42 Å². The lowest BCUT2D eigenvalue weighted by Crippen LogP contribution is -2.54. The standard InChI is InChI=1S/C20H21BrN2O2/c1-13-12-22-11-10-14-4-2-3-5-17(14)19(22)20(23(24)25)18(13)15-6-8-16(21)9-7-15/h2-9,13,18-20H,10-12H2,1H3/t13-,18-,19+,20-/m0/s1. The smallest absolute Gasteiger partial charge is 0.239 e. The zero-order chi connectivity index (χ0) is 17.6. The predicted molar refractivity (Wildman–Crippen MR) is 101 cm³/mol. The molecule has 130 valence electrons. The highest BCUT2D eigenvalue weighted by molar-refractivity contribution is 9.10. The van der Waals surface area contributed by atoms with Gasteiger partial charge in [0.05, 0.1) is 5.92 Å². The van der Waals surface area contributed by atoms with Crippen LogP contribution < -0.4 is 0 Å². The Bertz CT molecular complexity index is 793. The summed E-state index contributed by atoms with van der Waals surface area (Å²) in [6, 6.07) is 15.5. The van der Waals surface area contributed by atoms with Gasteiger partial charge in [0, 0.05) is 22.5 Å². The molecule has 1 saturated heterocycles. The van der Waals surface area contributed by atoms with Crippen LogP contribution in [-0.4, -0.2) is 29.0 Å². The second-order valence-corrected chi connectivity index (χ2v) is 8.13. The Morgan fingerprint density at radius 1 is 1.16 bits per heavy atom. The number of benzene rings is 2. The molecule has 0 amide bonds. The number of piperidine rings is 1. The Balaban J connectivity index is 1.81. The molecule has 0 saturated carbocycles. The first-order chi connectivity index (χ1) is 12.1. The van der Waals surface area contributed by atoms with E-state index >= 15 is 0 Å². The molecule has 4 nitrogen and oxygen atoms in total. The zero-order valence-corrected chi connectivity index (χ0v) is 15.7. The van der Waals surface area contributed by atoms with Crippen LogP contribution >= 0.6 is 15.9 Å². The van der Waals surface area contributed by atoms with Crippen LogP contribution in [0.1, 0.15) is 35.6 Å². The molecule has 2 heterocycles. The lowest BCUT2D eigenvalue weighted by atomic mass is 9.71. The van der Waals surface area contributed by atoms with E-state index in [-0.39, 0.29) is 22.8 Å². The van der Waals surface area contributed by atoms with Crippen molar-refractivity contribution < 1.29 is 4.92 Å². The minimum absolute atomic E-state index is 0.0395. The van der Waals surface area contributed by atoms with Gasteiger partial charge in [0.15, 0.2) is 0 Å². The quantitative estimate of drug-likeness (QED) is 0.553. The largest absolute Gasteiger partial charge is 0.290 e. The Hall–Kier alpha value is -1.72. The molecule has 2 aliphatic rings. The molecular formula is C20H21BrN2O2. The molecule has 5 heteroatoms. The van der Waals surface area contributed by atoms with Crippen molar-refractivity contribution in [3.63, 3.8) is 0 Å². The van der Waals surface area contributed by atoms with Gasteiger partial charge in [-0.15, -0.1) is 0 Å². The van der Waals surface area contributed by atoms with Gasteiger partial charge in [-0.3, -0.25) is 15.0 Å². The van der Waals surface area contributed by atoms with Gasteiger partial charge in [0.25, 0.3) is 0 Å². The monoisotopic (exact) mass is 400 g/mol. The van der Waals surface area contributed by atoms with E-state index in [0.29, 0.717) is 0 Å². The van der Waals surface area contributed by atoms with Gasteiger partial charge in [-0.1, -0.05) is 59.3 Å². The highest BCUT2D eigenvalue weighted by Crippen LogP contribution is 2.46. The number of nitro groups is 1. The first-order valence-electron chi connectivity index (χ1n) is 8.77. The van der Waals surface area contributed by atoms with Crippen molar-refractivity contribution in [3.05, 3.63) is 79.8 Å². The molecule has 0 aromatic heterocycles. The summed E-state index contributed by atoms with van der Waals surface area (Å²) in [5.41, 5.74) is 3.48. The number of hydrogen-bond donors (Lipinski definition) is 0. The summed E-state index contributed by atoms with van der Waals surface area (Å²) in [4.78, 5) is 14.5. The van der Waals surface area contributed by atoms with E-state index in [1.165, 1.54) is 5.56 Å². The molecule has 0 bridgehead atoms. The van der Waals surface area contributed by atoms with Gasteiger partial charge in [-0.05, 0) is 41.2 Å². The number of nitrogens with zero attached hydrogens (tertiary/aromatic N) is 2. The summed E-state index contributed by atoms with van der Waals surface area (Å²) >= 11 is 3.46. The minimum atomic E-state index is -0.619. The van der Waals surface area contributed by atoms with Crippen LogP contribution in [0.3, 0.4) is 0 Å². The Labute approximate surface area is 156 Å². The molecule has 0 aliphatic carbocycles. The predicted octanol–water partition coefficient (Wildman–Crippen LogP) is 4.43. The van der Waals surface area contributed by atoms with Gasteiger partial charge in [-0.2, -0.15) is 0 Å². The average Bonchev–Trinajstić information content (AvgIpc) is 2.61. The van der Waals surface area contributed by atoms with Crippen molar-refractivity contribution in [1.82, 2.24) is 4.90 Å². The lowest BCUT2D eigenvalue weighted by molar-refractivity contribution is -0.542. The number of hydrogen-bond acceptors (Lipinski definition) is 3. The third kappa shape index (κ3) is 2.89. The normalized spacial score (nSPS) is 28.9. The van der Waals surface area contributed by atoms with E-state index in [0.717, 1.165) is 35.1 Å². The van der Waals surface area contributed by atoms with E-state index in [9.17, 15) is 10.1 Å². The van der Waals surface area contributed by atoms with E-state index in [4.69, 9.17) is 0 Å². The van der Waals surface area contributed by atoms with Gasteiger partial charge < -0.3 is 0 Å². The highest BCUT2D eigenvalue weighted by atomic mass is 79.9. The molecule has 0 radical (unpaired) electrons. The molecule has 2 aromatic carbocycles. The number of fused-ring (bicyclic) bond motifs is 3. The lowest BCUT2D eigenvalue weighted by Gasteiger charge is -2.47. The Morgan fingerprint density at radius 3 is 2.60 bits per heavy atom. The van der Waals surface area contributed by atoms with Gasteiger partial charge in [0.2, 0.25) is 6.04 Å². The van der Waals surface area contributed by atoms with Gasteiger partial charge in [-0.25, -0.2) is 0 Å². The minimum Gasteiger partial charge on any atom is -0.290 e. The summed E-state index contributed by atoms with van der Waals surface area (Å²) in [5.74, 6) is 0.175. The highest BCUT2D eigenvalue weighted by Gasteiger charge is 2.51. The summed E-state index contributed by atoms with van der Waals surface area (Å²) < 4.78 is 1.00. The second kappa shape index (κ2) is 6.54. The van der Waals surface area contributed by atoms with Crippen molar-refractivity contribution in [3.8, 4) is 0 Å². The zero-order valence-electron chi connectivity index (χ0n) is 14.1. The molecule has 4 rings (SSSR count). The summed E-state index contributed by atoms with van der Waals surface area (Å²) in [5, 5.41) is 12.2. The molecule has 2 aromatic rings. The third-order valence-corrected chi connectivity index (χ3v) is 6.29. The van der Waals surface area contributed by atoms with E-state index in [1.54, 1.807) is 0 Å². The topological polar surface area (TPSA) is 46.4 Å².